The lowest BCUT2D eigenvalue weighted by Crippen LogP contribution is -2.46. The van der Waals surface area contributed by atoms with Crippen LogP contribution in [0.15, 0.2) is 78.9 Å². The van der Waals surface area contributed by atoms with Crippen LogP contribution in [-0.2, 0) is 5.41 Å². The van der Waals surface area contributed by atoms with Gasteiger partial charge in [-0.2, -0.15) is 0 Å². The lowest BCUT2D eigenvalue weighted by Gasteiger charge is -2.43. The second-order valence-electron chi connectivity index (χ2n) is 7.89. The summed E-state index contributed by atoms with van der Waals surface area (Å²) in [5.74, 6) is 1.85. The van der Waals surface area contributed by atoms with Crippen molar-refractivity contribution in [1.82, 2.24) is 0 Å². The summed E-state index contributed by atoms with van der Waals surface area (Å²) in [6.45, 7) is 2.85. The van der Waals surface area contributed by atoms with Crippen LogP contribution < -0.4 is 19.7 Å². The number of anilines is 2. The van der Waals surface area contributed by atoms with Gasteiger partial charge in [-0.1, -0.05) is 42.5 Å². The monoisotopic (exact) mass is 402 g/mol. The highest BCUT2D eigenvalue weighted by atomic mass is 16.5. The molecule has 1 fully saturated rings. The summed E-state index contributed by atoms with van der Waals surface area (Å²) >= 11 is 0. The average Bonchev–Trinajstić information content (AvgIpc) is 2.84. The first-order chi connectivity index (χ1) is 14.7. The van der Waals surface area contributed by atoms with Crippen molar-refractivity contribution in [2.45, 2.75) is 18.3 Å². The quantitative estimate of drug-likeness (QED) is 0.577. The van der Waals surface area contributed by atoms with Gasteiger partial charge in [0.25, 0.3) is 0 Å². The molecule has 0 unspecified atom stereocenters. The number of para-hydroxylation sites is 3. The molecule has 4 rings (SSSR count). The zero-order valence-corrected chi connectivity index (χ0v) is 17.8. The van der Waals surface area contributed by atoms with Crippen molar-refractivity contribution in [3.05, 3.63) is 84.4 Å². The highest BCUT2D eigenvalue weighted by Gasteiger charge is 2.37. The first-order valence-corrected chi connectivity index (χ1v) is 10.6. The molecule has 1 aliphatic heterocycles. The van der Waals surface area contributed by atoms with Crippen molar-refractivity contribution in [2.75, 3.05) is 44.1 Å². The summed E-state index contributed by atoms with van der Waals surface area (Å²) in [4.78, 5) is 2.44. The number of piperidine rings is 1. The highest BCUT2D eigenvalue weighted by molar-refractivity contribution is 5.59. The molecule has 3 aromatic rings. The summed E-state index contributed by atoms with van der Waals surface area (Å²) < 4.78 is 11.1. The predicted molar refractivity (Wildman–Crippen MR) is 124 cm³/mol. The van der Waals surface area contributed by atoms with Crippen molar-refractivity contribution in [2.24, 2.45) is 0 Å². The van der Waals surface area contributed by atoms with Crippen LogP contribution in [0.4, 0.5) is 11.4 Å². The summed E-state index contributed by atoms with van der Waals surface area (Å²) in [5.41, 5.74) is 3.72. The molecule has 1 heterocycles. The Bertz CT molecular complexity index is 950. The van der Waals surface area contributed by atoms with Gasteiger partial charge in [-0.15, -0.1) is 0 Å². The molecule has 156 valence electrons. The van der Waals surface area contributed by atoms with Crippen LogP contribution in [0.1, 0.15) is 18.4 Å². The van der Waals surface area contributed by atoms with Gasteiger partial charge in [0, 0.05) is 30.7 Å². The number of nitrogens with one attached hydrogen (secondary N) is 1. The van der Waals surface area contributed by atoms with Crippen molar-refractivity contribution in [3.8, 4) is 11.5 Å². The van der Waals surface area contributed by atoms with E-state index in [-0.39, 0.29) is 5.41 Å². The van der Waals surface area contributed by atoms with Gasteiger partial charge < -0.3 is 19.7 Å². The Morgan fingerprint density at radius 3 is 2.30 bits per heavy atom. The minimum atomic E-state index is 0.0445. The van der Waals surface area contributed by atoms with Gasteiger partial charge in [0.15, 0.2) is 0 Å². The maximum atomic E-state index is 5.60. The number of hydrogen-bond donors (Lipinski definition) is 1. The molecule has 1 aliphatic rings. The smallest absolute Gasteiger partial charge is 0.142 e. The largest absolute Gasteiger partial charge is 0.497 e. The lowest BCUT2D eigenvalue weighted by molar-refractivity contribution is 0.342. The van der Waals surface area contributed by atoms with Crippen LogP contribution in [0.3, 0.4) is 0 Å². The topological polar surface area (TPSA) is 33.7 Å². The van der Waals surface area contributed by atoms with Gasteiger partial charge in [-0.05, 0) is 54.8 Å². The number of ether oxygens (including phenoxy) is 2. The number of rotatable bonds is 7. The van der Waals surface area contributed by atoms with Crippen LogP contribution in [-0.4, -0.2) is 33.9 Å². The second-order valence-corrected chi connectivity index (χ2v) is 7.89. The van der Waals surface area contributed by atoms with E-state index in [1.807, 2.05) is 18.2 Å². The molecule has 0 aromatic heterocycles. The summed E-state index contributed by atoms with van der Waals surface area (Å²) in [6.07, 6.45) is 2.11. The number of hydrogen-bond acceptors (Lipinski definition) is 4. The van der Waals surface area contributed by atoms with Crippen LogP contribution in [0.5, 0.6) is 11.5 Å². The van der Waals surface area contributed by atoms with Gasteiger partial charge in [0.1, 0.15) is 11.5 Å². The van der Waals surface area contributed by atoms with E-state index in [0.717, 1.165) is 49.7 Å². The van der Waals surface area contributed by atoms with E-state index < -0.39 is 0 Å². The van der Waals surface area contributed by atoms with Crippen LogP contribution in [0, 0.1) is 0 Å². The fraction of sp³-hybridized carbons (Fsp3) is 0.308. The van der Waals surface area contributed by atoms with Crippen molar-refractivity contribution in [3.63, 3.8) is 0 Å². The minimum Gasteiger partial charge on any atom is -0.497 e. The van der Waals surface area contributed by atoms with Gasteiger partial charge >= 0.3 is 0 Å². The number of nitrogens with zero attached hydrogens (tertiary/aromatic N) is 1. The standard InChI is InChI=1S/C26H30N2O2/c1-29-23-12-8-9-21(19-23)26(20-27-22-10-4-3-5-11-22)15-17-28(18-16-26)24-13-6-7-14-25(24)30-2/h3-14,19,27H,15-18,20H2,1-2H3. The zero-order chi connectivity index (χ0) is 20.8. The lowest BCUT2D eigenvalue weighted by atomic mass is 9.72. The van der Waals surface area contributed by atoms with Crippen LogP contribution >= 0.6 is 0 Å². The molecule has 0 atom stereocenters. The molecule has 1 saturated heterocycles. The summed E-state index contributed by atoms with van der Waals surface area (Å²) in [6, 6.07) is 27.3. The Balaban J connectivity index is 1.58. The third-order valence-electron chi connectivity index (χ3n) is 6.23. The van der Waals surface area contributed by atoms with Gasteiger partial charge in [-0.3, -0.25) is 0 Å². The molecule has 0 saturated carbocycles. The first-order valence-electron chi connectivity index (χ1n) is 10.6. The van der Waals surface area contributed by atoms with Gasteiger partial charge in [-0.25, -0.2) is 0 Å². The Morgan fingerprint density at radius 2 is 1.57 bits per heavy atom. The van der Waals surface area contributed by atoms with E-state index in [0.29, 0.717) is 0 Å². The van der Waals surface area contributed by atoms with E-state index in [4.69, 9.17) is 9.47 Å². The molecule has 1 N–H and O–H groups in total. The number of methoxy groups -OCH3 is 2. The molecule has 0 bridgehead atoms. The molecule has 4 nitrogen and oxygen atoms in total. The van der Waals surface area contributed by atoms with Gasteiger partial charge in [0.05, 0.1) is 19.9 Å². The molecular weight excluding hydrogens is 372 g/mol. The Hall–Kier alpha value is -3.14. The van der Waals surface area contributed by atoms with E-state index in [1.165, 1.54) is 11.3 Å². The number of benzene rings is 3. The molecule has 4 heteroatoms. The molecule has 0 amide bonds. The molecule has 0 radical (unpaired) electrons. The van der Waals surface area contributed by atoms with Crippen molar-refractivity contribution < 1.29 is 9.47 Å². The summed E-state index contributed by atoms with van der Waals surface area (Å²) in [7, 11) is 3.48. The Kier molecular flexibility index (Phi) is 6.12. The maximum Gasteiger partial charge on any atom is 0.142 e. The van der Waals surface area contributed by atoms with E-state index >= 15 is 0 Å². The molecule has 3 aromatic carbocycles. The molecule has 0 spiro atoms. The second kappa shape index (κ2) is 9.12. The SMILES string of the molecule is COc1cccc(C2(CNc3ccccc3)CCN(c3ccccc3OC)CC2)c1. The van der Waals surface area contributed by atoms with E-state index in [1.54, 1.807) is 14.2 Å². The molecule has 0 aliphatic carbocycles. The highest BCUT2D eigenvalue weighted by Crippen LogP contribution is 2.40. The average molecular weight is 403 g/mol. The molecule has 30 heavy (non-hydrogen) atoms. The third-order valence-corrected chi connectivity index (χ3v) is 6.23. The predicted octanol–water partition coefficient (Wildman–Crippen LogP) is 5.35. The first kappa shape index (κ1) is 20.1. The zero-order valence-electron chi connectivity index (χ0n) is 17.8. The fourth-order valence-corrected chi connectivity index (χ4v) is 4.41. The Labute approximate surface area is 179 Å². The third kappa shape index (κ3) is 4.23. The van der Waals surface area contributed by atoms with Crippen molar-refractivity contribution in [1.29, 1.82) is 0 Å². The van der Waals surface area contributed by atoms with Crippen molar-refractivity contribution >= 4 is 11.4 Å². The van der Waals surface area contributed by atoms with E-state index in [2.05, 4.69) is 70.9 Å². The van der Waals surface area contributed by atoms with E-state index in [9.17, 15) is 0 Å². The summed E-state index contributed by atoms with van der Waals surface area (Å²) in [5, 5.41) is 3.68. The van der Waals surface area contributed by atoms with Crippen LogP contribution in [0.2, 0.25) is 0 Å². The fourth-order valence-electron chi connectivity index (χ4n) is 4.41. The minimum absolute atomic E-state index is 0.0445. The van der Waals surface area contributed by atoms with Crippen LogP contribution in [0.25, 0.3) is 0 Å². The van der Waals surface area contributed by atoms with Gasteiger partial charge in [0.2, 0.25) is 0 Å². The molecular formula is C26H30N2O2. The maximum absolute atomic E-state index is 5.60. The normalized spacial score (nSPS) is 15.5. The Morgan fingerprint density at radius 1 is 0.833 bits per heavy atom.